The third-order valence-corrected chi connectivity index (χ3v) is 4.98. The van der Waals surface area contributed by atoms with Gasteiger partial charge in [-0.2, -0.15) is 0 Å². The van der Waals surface area contributed by atoms with Crippen LogP contribution in [0, 0.1) is 6.92 Å². The molecule has 6 heteroatoms. The Hall–Kier alpha value is -1.98. The van der Waals surface area contributed by atoms with Gasteiger partial charge in [-0.3, -0.25) is 0 Å². The molecule has 2 aromatic heterocycles. The van der Waals surface area contributed by atoms with Crippen molar-refractivity contribution in [1.29, 1.82) is 0 Å². The van der Waals surface area contributed by atoms with E-state index in [1.54, 1.807) is 0 Å². The monoisotopic (exact) mass is 357 g/mol. The summed E-state index contributed by atoms with van der Waals surface area (Å²) in [5.41, 5.74) is 3.68. The molecule has 4 rings (SSSR count). The lowest BCUT2D eigenvalue weighted by atomic mass is 9.97. The maximum Gasteiger partial charge on any atom is 0.160 e. The van der Waals surface area contributed by atoms with E-state index >= 15 is 0 Å². The van der Waals surface area contributed by atoms with Crippen molar-refractivity contribution in [3.05, 3.63) is 42.4 Å². The Bertz CT molecular complexity index is 860. The van der Waals surface area contributed by atoms with Gasteiger partial charge in [0.05, 0.1) is 16.7 Å². The number of benzene rings is 1. The number of nitrogens with zero attached hydrogens (tertiary/aromatic N) is 4. The zero-order valence-electron chi connectivity index (χ0n) is 14.6. The molecule has 25 heavy (non-hydrogen) atoms. The zero-order valence-corrected chi connectivity index (χ0v) is 15.5. The first-order chi connectivity index (χ1) is 11.8. The standard InChI is InChI=1S/C19H23N5.ClH/c1-3-14-12-15(8-9-20-14)24-11-10-21-19(24)18-13(2)22-16-6-4-5-7-17(16)23-18;/h4-7,10-11,14-15,20H,3,8-9,12H2,1-2H3;1H/t14-,15+;/m0./s1. The van der Waals surface area contributed by atoms with Crippen LogP contribution in [0.25, 0.3) is 22.6 Å². The number of halogens is 1. The maximum absolute atomic E-state index is 4.85. The van der Waals surface area contributed by atoms with Crippen LogP contribution in [-0.2, 0) is 0 Å². The molecule has 0 spiro atoms. The van der Waals surface area contributed by atoms with E-state index in [2.05, 4.69) is 28.0 Å². The number of aromatic nitrogens is 4. The smallest absolute Gasteiger partial charge is 0.160 e. The minimum Gasteiger partial charge on any atom is -0.326 e. The fourth-order valence-electron chi connectivity index (χ4n) is 3.64. The fraction of sp³-hybridized carbons (Fsp3) is 0.421. The molecule has 0 aliphatic carbocycles. The second kappa shape index (κ2) is 7.50. The predicted octanol–water partition coefficient (Wildman–Crippen LogP) is 3.93. The van der Waals surface area contributed by atoms with Crippen LogP contribution < -0.4 is 5.32 Å². The molecule has 3 heterocycles. The second-order valence-corrected chi connectivity index (χ2v) is 6.54. The molecule has 0 bridgehead atoms. The van der Waals surface area contributed by atoms with E-state index in [9.17, 15) is 0 Å². The quantitative estimate of drug-likeness (QED) is 0.771. The average Bonchev–Trinajstić information content (AvgIpc) is 3.10. The van der Waals surface area contributed by atoms with Crippen molar-refractivity contribution in [2.45, 2.75) is 45.2 Å². The summed E-state index contributed by atoms with van der Waals surface area (Å²) in [6.07, 6.45) is 7.40. The van der Waals surface area contributed by atoms with Crippen LogP contribution in [0.1, 0.15) is 37.9 Å². The van der Waals surface area contributed by atoms with Gasteiger partial charge in [0.15, 0.2) is 5.82 Å². The number of fused-ring (bicyclic) bond motifs is 1. The van der Waals surface area contributed by atoms with Crippen molar-refractivity contribution in [1.82, 2.24) is 24.8 Å². The van der Waals surface area contributed by atoms with Crippen LogP contribution >= 0.6 is 12.4 Å². The van der Waals surface area contributed by atoms with Crippen LogP contribution in [0.3, 0.4) is 0 Å². The van der Waals surface area contributed by atoms with E-state index in [4.69, 9.17) is 9.97 Å². The van der Waals surface area contributed by atoms with Gasteiger partial charge in [0.1, 0.15) is 5.69 Å². The molecule has 1 N–H and O–H groups in total. The van der Waals surface area contributed by atoms with Crippen molar-refractivity contribution < 1.29 is 0 Å². The van der Waals surface area contributed by atoms with Crippen LogP contribution in [0.15, 0.2) is 36.7 Å². The van der Waals surface area contributed by atoms with E-state index in [1.165, 1.54) is 0 Å². The third kappa shape index (κ3) is 3.39. The van der Waals surface area contributed by atoms with Gasteiger partial charge in [-0.05, 0) is 44.9 Å². The molecule has 1 aliphatic rings. The molecule has 3 aromatic rings. The maximum atomic E-state index is 4.85. The summed E-state index contributed by atoms with van der Waals surface area (Å²) < 4.78 is 2.30. The summed E-state index contributed by atoms with van der Waals surface area (Å²) in [5.74, 6) is 0.938. The normalized spacial score (nSPS) is 20.4. The van der Waals surface area contributed by atoms with Crippen LogP contribution in [0.5, 0.6) is 0 Å². The van der Waals surface area contributed by atoms with Crippen molar-refractivity contribution in [2.24, 2.45) is 0 Å². The lowest BCUT2D eigenvalue weighted by Crippen LogP contribution is -2.38. The highest BCUT2D eigenvalue weighted by Gasteiger charge is 2.24. The van der Waals surface area contributed by atoms with Crippen LogP contribution in [-0.4, -0.2) is 32.1 Å². The fourth-order valence-corrected chi connectivity index (χ4v) is 3.64. The lowest BCUT2D eigenvalue weighted by Gasteiger charge is -2.31. The van der Waals surface area contributed by atoms with Gasteiger partial charge >= 0.3 is 0 Å². The summed E-state index contributed by atoms with van der Waals surface area (Å²) in [7, 11) is 0. The molecule has 0 amide bonds. The molecule has 5 nitrogen and oxygen atoms in total. The number of aryl methyl sites for hydroxylation is 1. The Balaban J connectivity index is 0.00000182. The van der Waals surface area contributed by atoms with Crippen LogP contribution in [0.4, 0.5) is 0 Å². The van der Waals surface area contributed by atoms with Gasteiger partial charge in [-0.1, -0.05) is 19.1 Å². The Morgan fingerprint density at radius 3 is 2.72 bits per heavy atom. The zero-order chi connectivity index (χ0) is 16.5. The van der Waals surface area contributed by atoms with E-state index in [0.29, 0.717) is 12.1 Å². The Morgan fingerprint density at radius 2 is 1.96 bits per heavy atom. The van der Waals surface area contributed by atoms with Crippen molar-refractivity contribution in [3.8, 4) is 11.5 Å². The molecule has 1 fully saturated rings. The molecule has 1 saturated heterocycles. The minimum atomic E-state index is 0. The topological polar surface area (TPSA) is 55.6 Å². The minimum absolute atomic E-state index is 0. The third-order valence-electron chi connectivity index (χ3n) is 4.98. The number of rotatable bonds is 3. The summed E-state index contributed by atoms with van der Waals surface area (Å²) in [4.78, 5) is 14.2. The number of piperidine rings is 1. The average molecular weight is 358 g/mol. The first-order valence-electron chi connectivity index (χ1n) is 8.76. The second-order valence-electron chi connectivity index (χ2n) is 6.54. The van der Waals surface area contributed by atoms with Gasteiger partial charge in [-0.25, -0.2) is 15.0 Å². The number of para-hydroxylation sites is 2. The van der Waals surface area contributed by atoms with Gasteiger partial charge < -0.3 is 9.88 Å². The molecule has 0 unspecified atom stereocenters. The Morgan fingerprint density at radius 1 is 1.20 bits per heavy atom. The Kier molecular flexibility index (Phi) is 5.35. The van der Waals surface area contributed by atoms with E-state index in [1.807, 2.05) is 37.4 Å². The predicted molar refractivity (Wildman–Crippen MR) is 103 cm³/mol. The number of nitrogens with one attached hydrogen (secondary N) is 1. The van der Waals surface area contributed by atoms with Crippen LogP contribution in [0.2, 0.25) is 0 Å². The summed E-state index contributed by atoms with van der Waals surface area (Å²) in [6.45, 7) is 5.32. The molecule has 1 aliphatic heterocycles. The first kappa shape index (κ1) is 17.8. The van der Waals surface area contributed by atoms with Gasteiger partial charge in [0, 0.05) is 24.5 Å². The molecule has 2 atom stereocenters. The largest absolute Gasteiger partial charge is 0.326 e. The summed E-state index contributed by atoms with van der Waals surface area (Å²) in [6, 6.07) is 9.07. The SMILES string of the molecule is CC[C@H]1C[C@H](n2ccnc2-c2nc3ccccc3nc2C)CCN1.Cl. The Labute approximate surface area is 154 Å². The highest BCUT2D eigenvalue weighted by atomic mass is 35.5. The molecular weight excluding hydrogens is 334 g/mol. The van der Waals surface area contributed by atoms with E-state index < -0.39 is 0 Å². The van der Waals surface area contributed by atoms with Crippen molar-refractivity contribution in [3.63, 3.8) is 0 Å². The molecular formula is C19H24ClN5. The van der Waals surface area contributed by atoms with Gasteiger partial charge in [0.25, 0.3) is 0 Å². The molecule has 0 radical (unpaired) electrons. The van der Waals surface area contributed by atoms with Gasteiger partial charge in [0.2, 0.25) is 0 Å². The number of hydrogen-bond acceptors (Lipinski definition) is 4. The molecule has 132 valence electrons. The van der Waals surface area contributed by atoms with Crippen molar-refractivity contribution in [2.75, 3.05) is 6.54 Å². The lowest BCUT2D eigenvalue weighted by molar-refractivity contribution is 0.297. The number of imidazole rings is 1. The van der Waals surface area contributed by atoms with E-state index in [0.717, 1.165) is 54.1 Å². The highest BCUT2D eigenvalue weighted by molar-refractivity contribution is 5.85. The van der Waals surface area contributed by atoms with Gasteiger partial charge in [-0.15, -0.1) is 12.4 Å². The molecule has 1 aromatic carbocycles. The first-order valence-corrected chi connectivity index (χ1v) is 8.76. The molecule has 0 saturated carbocycles. The summed E-state index contributed by atoms with van der Waals surface area (Å²) >= 11 is 0. The highest BCUT2D eigenvalue weighted by Crippen LogP contribution is 2.29. The van der Waals surface area contributed by atoms with Crippen molar-refractivity contribution >= 4 is 23.4 Å². The summed E-state index contributed by atoms with van der Waals surface area (Å²) in [5, 5.41) is 3.59. The van der Waals surface area contributed by atoms with E-state index in [-0.39, 0.29) is 12.4 Å². The number of hydrogen-bond donors (Lipinski definition) is 1.